The molecule has 0 N–H and O–H groups in total. The van der Waals surface area contributed by atoms with Crippen LogP contribution in [0.25, 0.3) is 10.8 Å². The highest BCUT2D eigenvalue weighted by molar-refractivity contribution is 14.1. The first kappa shape index (κ1) is 12.0. The van der Waals surface area contributed by atoms with E-state index in [0.717, 1.165) is 29.8 Å². The molecule has 0 spiro atoms. The predicted molar refractivity (Wildman–Crippen MR) is 87.5 cm³/mol. The Bertz CT molecular complexity index is 549. The lowest BCUT2D eigenvalue weighted by molar-refractivity contribution is 0.112. The Morgan fingerprint density at radius 2 is 1.47 bits per heavy atom. The van der Waals surface area contributed by atoms with Crippen molar-refractivity contribution >= 4 is 84.8 Å². The van der Waals surface area contributed by atoms with Crippen LogP contribution in [0.1, 0.15) is 10.4 Å². The minimum absolute atomic E-state index is 0.802. The summed E-state index contributed by atoms with van der Waals surface area (Å²) in [6.45, 7) is 0. The molecule has 0 aliphatic carbocycles. The quantitative estimate of drug-likeness (QED) is 0.300. The van der Waals surface area contributed by atoms with Crippen molar-refractivity contribution in [2.75, 3.05) is 0 Å². The first-order valence-corrected chi connectivity index (χ1v) is 7.40. The first-order valence-electron chi connectivity index (χ1n) is 4.17. The van der Waals surface area contributed by atoms with Crippen molar-refractivity contribution in [3.05, 3.63) is 40.5 Å². The Kier molecular flexibility index (Phi) is 3.87. The van der Waals surface area contributed by atoms with Crippen LogP contribution >= 0.6 is 67.8 Å². The van der Waals surface area contributed by atoms with Crippen LogP contribution in [0.2, 0.25) is 0 Å². The summed E-state index contributed by atoms with van der Waals surface area (Å²) in [4.78, 5) is 11.1. The van der Waals surface area contributed by atoms with E-state index in [1.807, 2.05) is 18.2 Å². The largest absolute Gasteiger partial charge is 0.298 e. The molecule has 0 bridgehead atoms. The van der Waals surface area contributed by atoms with Crippen LogP contribution in [0.5, 0.6) is 0 Å². The third-order valence-electron chi connectivity index (χ3n) is 2.19. The van der Waals surface area contributed by atoms with E-state index in [4.69, 9.17) is 0 Å². The highest BCUT2D eigenvalue weighted by atomic mass is 127. The number of benzene rings is 2. The van der Waals surface area contributed by atoms with Crippen molar-refractivity contribution < 1.29 is 4.79 Å². The minimum Gasteiger partial charge on any atom is -0.298 e. The molecule has 76 valence electrons. The zero-order valence-corrected chi connectivity index (χ0v) is 13.9. The summed E-state index contributed by atoms with van der Waals surface area (Å²) in [5.74, 6) is 0. The van der Waals surface area contributed by atoms with Crippen LogP contribution in [0, 0.1) is 10.7 Å². The lowest BCUT2D eigenvalue weighted by atomic mass is 10.1. The molecule has 4 heteroatoms. The van der Waals surface area contributed by atoms with Crippen LogP contribution in [-0.2, 0) is 0 Å². The monoisotopic (exact) mass is 534 g/mol. The Morgan fingerprint density at radius 3 is 2.07 bits per heavy atom. The van der Waals surface area contributed by atoms with E-state index in [2.05, 4.69) is 73.8 Å². The van der Waals surface area contributed by atoms with Gasteiger partial charge in [0.2, 0.25) is 0 Å². The molecule has 2 aromatic carbocycles. The summed E-state index contributed by atoms with van der Waals surface area (Å²) < 4.78 is 3.43. The maximum absolute atomic E-state index is 11.1. The van der Waals surface area contributed by atoms with Gasteiger partial charge in [-0.15, -0.1) is 0 Å². The molecule has 15 heavy (non-hydrogen) atoms. The summed E-state index contributed by atoms with van der Waals surface area (Å²) in [7, 11) is 0. The first-order chi connectivity index (χ1) is 7.16. The molecule has 0 heterocycles. The topological polar surface area (TPSA) is 17.1 Å². The van der Waals surface area contributed by atoms with Gasteiger partial charge < -0.3 is 0 Å². The van der Waals surface area contributed by atoms with Gasteiger partial charge in [-0.1, -0.05) is 24.3 Å². The fourth-order valence-corrected chi connectivity index (χ4v) is 4.00. The van der Waals surface area contributed by atoms with Crippen molar-refractivity contribution in [3.8, 4) is 0 Å². The molecule has 0 aromatic heterocycles. The van der Waals surface area contributed by atoms with E-state index in [9.17, 15) is 4.79 Å². The number of rotatable bonds is 1. The molecule has 0 atom stereocenters. The summed E-state index contributed by atoms with van der Waals surface area (Å²) in [6.07, 6.45) is 0.947. The number of aldehydes is 1. The van der Waals surface area contributed by atoms with Gasteiger partial charge in [-0.2, -0.15) is 0 Å². The molecule has 0 fully saturated rings. The molecule has 0 radical (unpaired) electrons. The smallest absolute Gasteiger partial charge is 0.151 e. The van der Waals surface area contributed by atoms with Gasteiger partial charge in [-0.3, -0.25) is 4.79 Å². The summed E-state index contributed by atoms with van der Waals surface area (Å²) in [6, 6.07) is 8.03. The second kappa shape index (κ2) is 4.82. The number of hydrogen-bond donors (Lipinski definition) is 0. The van der Waals surface area contributed by atoms with Crippen molar-refractivity contribution in [1.82, 2.24) is 0 Å². The fourth-order valence-electron chi connectivity index (χ4n) is 1.48. The van der Waals surface area contributed by atoms with Crippen LogP contribution in [0.4, 0.5) is 0 Å². The molecule has 0 saturated carbocycles. The zero-order chi connectivity index (χ0) is 11.0. The Hall–Kier alpha value is 0.560. The minimum atomic E-state index is 0.802. The third kappa shape index (κ3) is 2.04. The molecule has 0 aliphatic rings. The van der Waals surface area contributed by atoms with Gasteiger partial charge >= 0.3 is 0 Å². The van der Waals surface area contributed by atoms with Gasteiger partial charge in [0.25, 0.3) is 0 Å². The van der Waals surface area contributed by atoms with Crippen molar-refractivity contribution in [1.29, 1.82) is 0 Å². The molecular weight excluding hydrogens is 529 g/mol. The van der Waals surface area contributed by atoms with Gasteiger partial charge in [-0.25, -0.2) is 0 Å². The molecule has 2 rings (SSSR count). The van der Waals surface area contributed by atoms with Gasteiger partial charge in [-0.05, 0) is 78.5 Å². The molecule has 0 saturated heterocycles. The second-order valence-electron chi connectivity index (χ2n) is 3.02. The average Bonchev–Trinajstić information content (AvgIpc) is 2.27. The normalized spacial score (nSPS) is 10.6. The van der Waals surface area contributed by atoms with Crippen molar-refractivity contribution in [2.24, 2.45) is 0 Å². The van der Waals surface area contributed by atoms with Crippen LogP contribution in [-0.4, -0.2) is 6.29 Å². The van der Waals surface area contributed by atoms with E-state index in [-0.39, 0.29) is 0 Å². The second-order valence-corrected chi connectivity index (χ2v) is 6.26. The SMILES string of the molecule is O=Cc1c(I)c(I)c(I)c2ccccc12. The van der Waals surface area contributed by atoms with Crippen molar-refractivity contribution in [2.45, 2.75) is 0 Å². The lowest BCUT2D eigenvalue weighted by Gasteiger charge is -2.09. The summed E-state index contributed by atoms with van der Waals surface area (Å²) in [5.41, 5.74) is 0.802. The summed E-state index contributed by atoms with van der Waals surface area (Å²) >= 11 is 6.86. The highest BCUT2D eigenvalue weighted by Crippen LogP contribution is 2.32. The zero-order valence-electron chi connectivity index (χ0n) is 7.43. The van der Waals surface area contributed by atoms with Gasteiger partial charge in [0.05, 0.1) is 0 Å². The fraction of sp³-hybridized carbons (Fsp3) is 0. The Balaban J connectivity index is 3.04. The van der Waals surface area contributed by atoms with Crippen LogP contribution in [0.3, 0.4) is 0 Å². The van der Waals surface area contributed by atoms with Crippen LogP contribution in [0.15, 0.2) is 24.3 Å². The highest BCUT2D eigenvalue weighted by Gasteiger charge is 2.13. The van der Waals surface area contributed by atoms with Crippen molar-refractivity contribution in [3.63, 3.8) is 0 Å². The Morgan fingerprint density at radius 1 is 0.867 bits per heavy atom. The maximum Gasteiger partial charge on any atom is 0.151 e. The number of fused-ring (bicyclic) bond motifs is 1. The number of carbonyl (C=O) groups is 1. The average molecular weight is 534 g/mol. The molecule has 2 aromatic rings. The van der Waals surface area contributed by atoms with Gasteiger partial charge in [0.15, 0.2) is 6.29 Å². The molecule has 0 amide bonds. The van der Waals surface area contributed by atoms with Crippen LogP contribution < -0.4 is 0 Å². The standard InChI is InChI=1S/C11H5I3O/c12-9-7-4-2-1-3-6(7)8(5-15)10(13)11(9)14/h1-5H. The lowest BCUT2D eigenvalue weighted by Crippen LogP contribution is -1.96. The molecule has 0 aliphatic heterocycles. The van der Waals surface area contributed by atoms with Gasteiger partial charge in [0.1, 0.15) is 0 Å². The predicted octanol–water partition coefficient (Wildman–Crippen LogP) is 4.47. The van der Waals surface area contributed by atoms with E-state index >= 15 is 0 Å². The number of halogens is 3. The molecule has 1 nitrogen and oxygen atoms in total. The van der Waals surface area contributed by atoms with E-state index in [1.54, 1.807) is 0 Å². The van der Waals surface area contributed by atoms with E-state index in [1.165, 1.54) is 3.57 Å². The van der Waals surface area contributed by atoms with E-state index in [0.29, 0.717) is 0 Å². The molecular formula is C11H5I3O. The van der Waals surface area contributed by atoms with Gasteiger partial charge in [0, 0.05) is 16.3 Å². The number of hydrogen-bond acceptors (Lipinski definition) is 1. The maximum atomic E-state index is 11.1. The number of carbonyl (C=O) groups excluding carboxylic acids is 1. The summed E-state index contributed by atoms with van der Waals surface area (Å²) in [5, 5.41) is 2.20. The Labute approximate surface area is 128 Å². The van der Waals surface area contributed by atoms with E-state index < -0.39 is 0 Å². The molecule has 0 unspecified atom stereocenters. The third-order valence-corrected chi connectivity index (χ3v) is 7.58.